The average Bonchev–Trinajstić information content (AvgIpc) is 3.03. The Morgan fingerprint density at radius 3 is 2.22 bits per heavy atom. The summed E-state index contributed by atoms with van der Waals surface area (Å²) in [6.45, 7) is 2.63. The van der Waals surface area contributed by atoms with Gasteiger partial charge in [0.2, 0.25) is 0 Å². The molecule has 1 unspecified atom stereocenters. The van der Waals surface area contributed by atoms with Crippen LogP contribution in [0.4, 0.5) is 13.2 Å². The third kappa shape index (κ3) is 5.33. The molecule has 0 bridgehead atoms. The summed E-state index contributed by atoms with van der Waals surface area (Å²) >= 11 is 0. The third-order valence-corrected chi connectivity index (χ3v) is 5.59. The molecule has 2 atom stereocenters. The van der Waals surface area contributed by atoms with Crippen LogP contribution in [0.3, 0.4) is 0 Å². The number of likely N-dealkylation sites (tertiary alicyclic amines) is 1. The number of hydrogen-bond acceptors (Lipinski definition) is 1. The maximum atomic E-state index is 12.8. The zero-order valence-corrected chi connectivity index (χ0v) is 16.7. The molecule has 2 nitrogen and oxygen atoms in total. The highest BCUT2D eigenvalue weighted by Crippen LogP contribution is 2.32. The van der Waals surface area contributed by atoms with Crippen LogP contribution in [0.15, 0.2) is 54.6 Å². The minimum atomic E-state index is -4.31. The van der Waals surface area contributed by atoms with Crippen LogP contribution < -0.4 is 17.0 Å². The van der Waals surface area contributed by atoms with Gasteiger partial charge in [-0.15, -0.1) is 0 Å². The standard InChI is InChI=1S/C21H25F3NO.BrH/c22-21(23,24)19-10-8-18(9-11-19)15-25(13-4-7-20(25)16-26)14-12-17-5-2-1-3-6-17;/h1-3,5-6,8-11,20,26H,4,7,12-16H2;1H/q+1;/p-1/t20-,25?;/m0./s1. The van der Waals surface area contributed by atoms with E-state index in [1.807, 2.05) is 18.2 Å². The molecule has 2 aromatic carbocycles. The quantitative estimate of drug-likeness (QED) is 0.669. The van der Waals surface area contributed by atoms with Gasteiger partial charge < -0.3 is 26.6 Å². The number of hydrogen-bond donors (Lipinski definition) is 1. The molecule has 1 aliphatic heterocycles. The average molecular weight is 444 g/mol. The van der Waals surface area contributed by atoms with E-state index in [9.17, 15) is 18.3 Å². The molecule has 1 aliphatic rings. The SMILES string of the molecule is OC[C@@H]1CCC[N+]1(CCc1ccccc1)Cc1ccc(C(F)(F)F)cc1.[Br-]. The first kappa shape index (κ1) is 21.9. The summed E-state index contributed by atoms with van der Waals surface area (Å²) in [7, 11) is 0. The molecular formula is C21H25BrF3NO. The van der Waals surface area contributed by atoms with Crippen molar-refractivity contribution in [2.45, 2.75) is 38.0 Å². The summed E-state index contributed by atoms with van der Waals surface area (Å²) in [6.07, 6.45) is -1.40. The lowest BCUT2D eigenvalue weighted by Gasteiger charge is -2.40. The fourth-order valence-electron chi connectivity index (χ4n) is 4.10. The van der Waals surface area contributed by atoms with E-state index in [-0.39, 0.29) is 29.6 Å². The zero-order chi connectivity index (χ0) is 18.6. The first-order chi connectivity index (χ1) is 12.4. The molecule has 1 N–H and O–H groups in total. The number of rotatable bonds is 6. The van der Waals surface area contributed by atoms with E-state index < -0.39 is 11.7 Å². The summed E-state index contributed by atoms with van der Waals surface area (Å²) in [4.78, 5) is 0. The molecular weight excluding hydrogens is 419 g/mol. The molecule has 0 aliphatic carbocycles. The first-order valence-electron chi connectivity index (χ1n) is 9.10. The molecule has 0 saturated carbocycles. The Hall–Kier alpha value is -1.37. The lowest BCUT2D eigenvalue weighted by molar-refractivity contribution is -0.952. The summed E-state index contributed by atoms with van der Waals surface area (Å²) in [6, 6.07) is 15.9. The van der Waals surface area contributed by atoms with Crippen LogP contribution in [0.1, 0.15) is 29.5 Å². The van der Waals surface area contributed by atoms with Gasteiger partial charge in [-0.1, -0.05) is 42.5 Å². The second kappa shape index (κ2) is 9.22. The molecule has 0 aromatic heterocycles. The van der Waals surface area contributed by atoms with Gasteiger partial charge in [-0.2, -0.15) is 13.2 Å². The molecule has 0 radical (unpaired) electrons. The van der Waals surface area contributed by atoms with Gasteiger partial charge in [0, 0.05) is 24.8 Å². The van der Waals surface area contributed by atoms with Crippen molar-refractivity contribution in [3.8, 4) is 0 Å². The zero-order valence-electron chi connectivity index (χ0n) is 15.1. The van der Waals surface area contributed by atoms with E-state index in [1.165, 1.54) is 5.56 Å². The van der Waals surface area contributed by atoms with Crippen molar-refractivity contribution in [1.82, 2.24) is 0 Å². The van der Waals surface area contributed by atoms with Crippen LogP contribution in [0.5, 0.6) is 0 Å². The third-order valence-electron chi connectivity index (χ3n) is 5.59. The van der Waals surface area contributed by atoms with Crippen LogP contribution in [-0.2, 0) is 19.1 Å². The Balaban J connectivity index is 0.00000261. The van der Waals surface area contributed by atoms with Crippen molar-refractivity contribution in [2.75, 3.05) is 19.7 Å². The predicted molar refractivity (Wildman–Crippen MR) is 95.4 cm³/mol. The van der Waals surface area contributed by atoms with Gasteiger partial charge in [-0.25, -0.2) is 0 Å². The highest BCUT2D eigenvalue weighted by atomic mass is 79.9. The number of alkyl halides is 3. The Kier molecular flexibility index (Phi) is 7.48. The van der Waals surface area contributed by atoms with Crippen molar-refractivity contribution in [1.29, 1.82) is 0 Å². The topological polar surface area (TPSA) is 20.2 Å². The van der Waals surface area contributed by atoms with Gasteiger partial charge in [0.1, 0.15) is 12.6 Å². The van der Waals surface area contributed by atoms with Gasteiger partial charge in [-0.3, -0.25) is 0 Å². The van der Waals surface area contributed by atoms with Crippen LogP contribution in [0.2, 0.25) is 0 Å². The van der Waals surface area contributed by atoms with Crippen molar-refractivity contribution >= 4 is 0 Å². The van der Waals surface area contributed by atoms with E-state index in [4.69, 9.17) is 0 Å². The van der Waals surface area contributed by atoms with Crippen LogP contribution >= 0.6 is 0 Å². The number of benzene rings is 2. The summed E-state index contributed by atoms with van der Waals surface area (Å²) in [5.74, 6) is 0. The van der Waals surface area contributed by atoms with Gasteiger partial charge in [0.05, 0.1) is 25.3 Å². The van der Waals surface area contributed by atoms with E-state index >= 15 is 0 Å². The van der Waals surface area contributed by atoms with E-state index in [1.54, 1.807) is 12.1 Å². The maximum Gasteiger partial charge on any atom is 0.416 e. The lowest BCUT2D eigenvalue weighted by Crippen LogP contribution is -3.00. The highest BCUT2D eigenvalue weighted by molar-refractivity contribution is 5.24. The van der Waals surface area contributed by atoms with Gasteiger partial charge in [0.25, 0.3) is 0 Å². The summed E-state index contributed by atoms with van der Waals surface area (Å²) in [5.41, 5.74) is 1.53. The smallest absolute Gasteiger partial charge is 0.416 e. The molecule has 3 rings (SSSR count). The summed E-state index contributed by atoms with van der Waals surface area (Å²) < 4.78 is 39.1. The van der Waals surface area contributed by atoms with Crippen LogP contribution in [0.25, 0.3) is 0 Å². The monoisotopic (exact) mass is 443 g/mol. The second-order valence-electron chi connectivity index (χ2n) is 7.23. The fourth-order valence-corrected chi connectivity index (χ4v) is 4.10. The second-order valence-corrected chi connectivity index (χ2v) is 7.23. The van der Waals surface area contributed by atoms with Crippen LogP contribution in [-0.4, -0.2) is 35.3 Å². The molecule has 1 heterocycles. The van der Waals surface area contributed by atoms with Crippen molar-refractivity contribution in [3.63, 3.8) is 0 Å². The lowest BCUT2D eigenvalue weighted by atomic mass is 10.1. The Bertz CT molecular complexity index is 706. The Morgan fingerprint density at radius 1 is 0.963 bits per heavy atom. The molecule has 6 heteroatoms. The number of quaternary nitrogens is 1. The Morgan fingerprint density at radius 2 is 1.63 bits per heavy atom. The van der Waals surface area contributed by atoms with E-state index in [2.05, 4.69) is 12.1 Å². The fraction of sp³-hybridized carbons (Fsp3) is 0.429. The minimum Gasteiger partial charge on any atom is -1.00 e. The number of nitrogens with zero attached hydrogens (tertiary/aromatic N) is 1. The van der Waals surface area contributed by atoms with Crippen LogP contribution in [0, 0.1) is 0 Å². The number of aliphatic hydroxyl groups excluding tert-OH is 1. The van der Waals surface area contributed by atoms with E-state index in [0.29, 0.717) is 6.54 Å². The molecule has 27 heavy (non-hydrogen) atoms. The summed E-state index contributed by atoms with van der Waals surface area (Å²) in [5, 5.41) is 9.86. The molecule has 148 valence electrons. The molecule has 0 amide bonds. The maximum absolute atomic E-state index is 12.8. The number of halogens is 4. The highest BCUT2D eigenvalue weighted by Gasteiger charge is 2.41. The number of aliphatic hydroxyl groups is 1. The Labute approximate surface area is 169 Å². The van der Waals surface area contributed by atoms with Crippen molar-refractivity contribution in [3.05, 3.63) is 71.3 Å². The molecule has 2 aromatic rings. The predicted octanol–water partition coefficient (Wildman–Crippen LogP) is 1.42. The molecule has 1 saturated heterocycles. The van der Waals surface area contributed by atoms with Crippen molar-refractivity contribution < 1.29 is 39.7 Å². The largest absolute Gasteiger partial charge is 1.00 e. The normalized spacial score (nSPS) is 22.4. The van der Waals surface area contributed by atoms with Gasteiger partial charge in [0.15, 0.2) is 0 Å². The van der Waals surface area contributed by atoms with E-state index in [0.717, 1.165) is 54.5 Å². The van der Waals surface area contributed by atoms with Gasteiger partial charge in [-0.05, 0) is 17.7 Å². The molecule has 0 spiro atoms. The minimum absolute atomic E-state index is 0. The first-order valence-corrected chi connectivity index (χ1v) is 9.10. The molecule has 1 fully saturated rings. The van der Waals surface area contributed by atoms with Crippen molar-refractivity contribution in [2.24, 2.45) is 0 Å². The van der Waals surface area contributed by atoms with Gasteiger partial charge >= 0.3 is 6.18 Å².